The van der Waals surface area contributed by atoms with Gasteiger partial charge in [0.1, 0.15) is 11.2 Å². The first-order valence-electron chi connectivity index (χ1n) is 50.5. The van der Waals surface area contributed by atoms with E-state index in [-0.39, 0.29) is 10.8 Å². The van der Waals surface area contributed by atoms with E-state index < -0.39 is 0 Å². The van der Waals surface area contributed by atoms with E-state index in [4.69, 9.17) is 9.40 Å². The molecule has 5 heteroatoms. The van der Waals surface area contributed by atoms with E-state index in [0.29, 0.717) is 0 Å². The molecule has 0 spiro atoms. The van der Waals surface area contributed by atoms with Crippen LogP contribution < -0.4 is 14.7 Å². The van der Waals surface area contributed by atoms with E-state index in [1.165, 1.54) is 176 Å². The first-order valence-corrected chi connectivity index (χ1v) is 50.5. The monoisotopic (exact) mass is 1860 g/mol. The predicted molar refractivity (Wildman–Crippen MR) is 619 cm³/mol. The molecule has 26 aromatic rings. The normalized spacial score (nSPS) is 12.5. The highest BCUT2D eigenvalue weighted by molar-refractivity contribution is 6.21. The average molecular weight is 1870 g/mol. The van der Waals surface area contributed by atoms with Crippen LogP contribution in [0.2, 0.25) is 0 Å². The van der Waals surface area contributed by atoms with Crippen LogP contribution >= 0.6 is 0 Å². The van der Waals surface area contributed by atoms with Crippen molar-refractivity contribution in [2.75, 3.05) is 14.7 Å². The van der Waals surface area contributed by atoms with Gasteiger partial charge in [0.2, 0.25) is 0 Å². The van der Waals surface area contributed by atoms with Gasteiger partial charge in [-0.15, -0.1) is 0 Å². The molecule has 28 rings (SSSR count). The molecule has 0 N–H and O–H groups in total. The van der Waals surface area contributed by atoms with Crippen LogP contribution in [0, 0.1) is 0 Å². The molecule has 0 saturated carbocycles. The van der Waals surface area contributed by atoms with Crippen molar-refractivity contribution in [3.8, 4) is 89.1 Å². The molecule has 0 aliphatic heterocycles. The summed E-state index contributed by atoms with van der Waals surface area (Å²) >= 11 is 0. The number of furan rings is 1. The molecule has 0 unspecified atom stereocenters. The Labute approximate surface area is 850 Å². The molecule has 5 nitrogen and oxygen atoms in total. The summed E-state index contributed by atoms with van der Waals surface area (Å²) in [6, 6.07) is 192. The molecule has 690 valence electrons. The number of pyridine rings is 1. The summed E-state index contributed by atoms with van der Waals surface area (Å²) in [7, 11) is 0. The molecule has 0 atom stereocenters. The lowest BCUT2D eigenvalue weighted by molar-refractivity contribution is 0.660. The zero-order valence-electron chi connectivity index (χ0n) is 81.5. The van der Waals surface area contributed by atoms with Crippen molar-refractivity contribution < 1.29 is 4.42 Å². The highest BCUT2D eigenvalue weighted by Crippen LogP contribution is 2.56. The lowest BCUT2D eigenvalue weighted by Gasteiger charge is -2.29. The molecule has 0 fully saturated rings. The Morgan fingerprint density at radius 1 is 0.178 bits per heavy atom. The van der Waals surface area contributed by atoms with Crippen molar-refractivity contribution in [2.24, 2.45) is 0 Å². The second kappa shape index (κ2) is 36.5. The maximum atomic E-state index is 6.23. The van der Waals surface area contributed by atoms with Crippen molar-refractivity contribution in [3.63, 3.8) is 0 Å². The molecule has 0 bridgehead atoms. The summed E-state index contributed by atoms with van der Waals surface area (Å²) in [5.41, 5.74) is 36.8. The molecule has 0 saturated heterocycles. The van der Waals surface area contributed by atoms with Gasteiger partial charge in [-0.2, -0.15) is 0 Å². The Balaban J connectivity index is 0.000000111. The fraction of sp³-hybridized carbons (Fsp3) is 0.0426. The molecule has 0 amide bonds. The Kier molecular flexibility index (Phi) is 21.9. The van der Waals surface area contributed by atoms with Gasteiger partial charge in [-0.05, 0) is 293 Å². The molecule has 24 aromatic carbocycles. The maximum Gasteiger partial charge on any atom is 0.135 e. The largest absolute Gasteiger partial charge is 0.456 e. The van der Waals surface area contributed by atoms with Crippen molar-refractivity contribution in [3.05, 3.63) is 556 Å². The topological polar surface area (TPSA) is 35.8 Å². The van der Waals surface area contributed by atoms with Crippen LogP contribution in [0.3, 0.4) is 0 Å². The third-order valence-corrected chi connectivity index (χ3v) is 30.4. The summed E-state index contributed by atoms with van der Waals surface area (Å²) in [4.78, 5) is 12.0. The van der Waals surface area contributed by atoms with Crippen molar-refractivity contribution in [1.82, 2.24) is 4.98 Å². The zero-order valence-corrected chi connectivity index (χ0v) is 81.5. The standard InChI is InChI=1S/C51H37N.C46H34N2.C44H29NO/c1-51(2)48-19-11-10-18-44(48)47-33-42(27-29-49(47)51)52(41-25-22-36(23-26-41)34-12-4-3-5-13-34)50-32-40-16-8-9-17-43(40)46-31-39(24-28-45(46)50)38-21-20-35-14-6-7-15-37(35)30-38;1-46(2)41-20-9-8-16-36(41)40-30-35(26-27-42(40)46)48(34-24-22-32(23-25-34)31-13-4-3-5-14-31)44-29-33-15-12-19-39(43-21-10-11-28-47-43)45(33)38-18-7-6-17-37(38)44;1-3-11-30(12-4-1)32-19-22-35(23-20-32)45(36-24-26-44-41(29-36)39-17-9-10-18-43(39)46-44)42-28-34-15-7-8-16-37(34)40-27-33(21-25-38(40)42)31-13-5-2-6-14-31/h3-33H,1-2H3;3-30H,1-2H3;1-29H. The second-order valence-corrected chi connectivity index (χ2v) is 39.6. The number of hydrogen-bond acceptors (Lipinski definition) is 5. The highest BCUT2D eigenvalue weighted by Gasteiger charge is 2.38. The molecule has 0 radical (unpaired) electrons. The van der Waals surface area contributed by atoms with Crippen LogP contribution in [0.1, 0.15) is 49.9 Å². The van der Waals surface area contributed by atoms with Crippen molar-refractivity contribution >= 4 is 149 Å². The van der Waals surface area contributed by atoms with E-state index in [9.17, 15) is 0 Å². The van der Waals surface area contributed by atoms with Gasteiger partial charge in [0.25, 0.3) is 0 Å². The van der Waals surface area contributed by atoms with E-state index in [0.717, 1.165) is 84.4 Å². The first-order chi connectivity index (χ1) is 71.9. The fourth-order valence-corrected chi connectivity index (χ4v) is 23.1. The first kappa shape index (κ1) is 87.7. The Morgan fingerprint density at radius 2 is 0.514 bits per heavy atom. The van der Waals surface area contributed by atoms with Crippen LogP contribution in [-0.2, 0) is 10.8 Å². The average Bonchev–Trinajstić information content (AvgIpc) is 1.62. The predicted octanol–water partition coefficient (Wildman–Crippen LogP) is 39.5. The minimum absolute atomic E-state index is 0.0514. The third kappa shape index (κ3) is 15.6. The number of fused-ring (bicyclic) bond motifs is 19. The molecule has 2 aliphatic carbocycles. The molecule has 2 heterocycles. The van der Waals surface area contributed by atoms with Gasteiger partial charge >= 0.3 is 0 Å². The number of benzene rings is 24. The molecule has 146 heavy (non-hydrogen) atoms. The van der Waals surface area contributed by atoms with Gasteiger partial charge in [0.15, 0.2) is 0 Å². The van der Waals surface area contributed by atoms with Gasteiger partial charge < -0.3 is 19.1 Å². The lowest BCUT2D eigenvalue weighted by Crippen LogP contribution is -2.15. The summed E-state index contributed by atoms with van der Waals surface area (Å²) in [5, 5.41) is 19.4. The fourth-order valence-electron chi connectivity index (χ4n) is 23.1. The minimum Gasteiger partial charge on any atom is -0.456 e. The summed E-state index contributed by atoms with van der Waals surface area (Å²) in [6.45, 7) is 9.38. The smallest absolute Gasteiger partial charge is 0.135 e. The number of rotatable bonds is 15. The number of hydrogen-bond donors (Lipinski definition) is 0. The number of nitrogens with zero attached hydrogens (tertiary/aromatic N) is 4. The summed E-state index contributed by atoms with van der Waals surface area (Å²) < 4.78 is 6.23. The molecular formula is C141H100N4O. The van der Waals surface area contributed by atoms with Crippen LogP contribution in [0.4, 0.5) is 51.2 Å². The number of aromatic nitrogens is 1. The summed E-state index contributed by atoms with van der Waals surface area (Å²) in [5.74, 6) is 0. The van der Waals surface area contributed by atoms with Gasteiger partial charge in [-0.25, -0.2) is 0 Å². The minimum atomic E-state index is -0.0541. The Hall–Kier alpha value is -18.6. The molecule has 2 aromatic heterocycles. The van der Waals surface area contributed by atoms with Crippen LogP contribution in [0.5, 0.6) is 0 Å². The molecular weight excluding hydrogens is 1770 g/mol. The van der Waals surface area contributed by atoms with E-state index in [1.807, 2.05) is 24.4 Å². The Morgan fingerprint density at radius 3 is 1.01 bits per heavy atom. The van der Waals surface area contributed by atoms with Crippen LogP contribution in [0.25, 0.3) is 186 Å². The maximum absolute atomic E-state index is 6.23. The van der Waals surface area contributed by atoms with Crippen molar-refractivity contribution in [2.45, 2.75) is 38.5 Å². The number of para-hydroxylation sites is 1. The van der Waals surface area contributed by atoms with E-state index >= 15 is 0 Å². The van der Waals surface area contributed by atoms with E-state index in [2.05, 4.69) is 552 Å². The second-order valence-electron chi connectivity index (χ2n) is 39.6. The Bertz CT molecular complexity index is 9530. The summed E-state index contributed by atoms with van der Waals surface area (Å²) in [6.07, 6.45) is 1.87. The zero-order chi connectivity index (χ0) is 97.5. The van der Waals surface area contributed by atoms with E-state index in [1.54, 1.807) is 0 Å². The quantitative estimate of drug-likeness (QED) is 0.0956. The number of anilines is 9. The third-order valence-electron chi connectivity index (χ3n) is 30.4. The van der Waals surface area contributed by atoms with Gasteiger partial charge in [-0.1, -0.05) is 422 Å². The SMILES string of the molecule is CC1(C)c2ccccc2-c2cc(N(c3ccc(-c4ccccc4)cc3)c3cc4cccc(-c5ccccn5)c4c4ccccc34)ccc21.CC1(C)c2ccccc2-c2cc(N(c3ccc(-c4ccccc4)cc3)c3cc4ccccc4c4cc(-c5ccc6ccccc6c5)ccc34)ccc21.c1ccc(-c2ccc(N(c3ccc4oc5ccccc5c4c3)c3cc4ccccc4c4cc(-c5ccccc5)ccc34)cc2)cc1. The van der Waals surface area contributed by atoms with Gasteiger partial charge in [0.05, 0.1) is 22.8 Å². The van der Waals surface area contributed by atoms with Crippen molar-refractivity contribution in [1.29, 1.82) is 0 Å². The highest BCUT2D eigenvalue weighted by atomic mass is 16.3. The van der Waals surface area contributed by atoms with Crippen LogP contribution in [-0.4, -0.2) is 4.98 Å². The lowest BCUT2D eigenvalue weighted by atomic mass is 9.82. The van der Waals surface area contributed by atoms with Crippen LogP contribution in [0.15, 0.2) is 538 Å². The van der Waals surface area contributed by atoms with Gasteiger partial charge in [0, 0.05) is 83.6 Å². The molecule has 2 aliphatic rings. The van der Waals surface area contributed by atoms with Gasteiger partial charge in [-0.3, -0.25) is 4.98 Å².